The molecule has 0 aromatic heterocycles. The second-order valence-electron chi connectivity index (χ2n) is 4.46. The zero-order chi connectivity index (χ0) is 11.1. The summed E-state index contributed by atoms with van der Waals surface area (Å²) in [6.45, 7) is 5.32. The molecule has 15 heavy (non-hydrogen) atoms. The van der Waals surface area contributed by atoms with Crippen molar-refractivity contribution in [3.05, 3.63) is 11.6 Å². The van der Waals surface area contributed by atoms with Gasteiger partial charge >= 0.3 is 0 Å². The van der Waals surface area contributed by atoms with Gasteiger partial charge in [0.05, 0.1) is 6.54 Å². The topological polar surface area (TPSA) is 41.1 Å². The first-order valence-corrected chi connectivity index (χ1v) is 5.82. The standard InChI is InChI=1S/C12H22N2O/c1-10(2)7-8-13-9-12(15)14-11-5-3-4-6-11/h7,11,13H,3-6,8-9H2,1-2H3,(H,14,15). The van der Waals surface area contributed by atoms with E-state index in [1.165, 1.54) is 18.4 Å². The van der Waals surface area contributed by atoms with Crippen molar-refractivity contribution >= 4 is 5.91 Å². The van der Waals surface area contributed by atoms with Gasteiger partial charge < -0.3 is 10.6 Å². The van der Waals surface area contributed by atoms with E-state index >= 15 is 0 Å². The molecule has 2 N–H and O–H groups in total. The van der Waals surface area contributed by atoms with Gasteiger partial charge in [-0.05, 0) is 26.7 Å². The highest BCUT2D eigenvalue weighted by molar-refractivity contribution is 5.78. The molecular formula is C12H22N2O. The number of hydrogen-bond acceptors (Lipinski definition) is 2. The van der Waals surface area contributed by atoms with E-state index in [-0.39, 0.29) is 5.91 Å². The van der Waals surface area contributed by atoms with Crippen LogP contribution in [0.3, 0.4) is 0 Å². The van der Waals surface area contributed by atoms with Gasteiger partial charge in [-0.2, -0.15) is 0 Å². The summed E-state index contributed by atoms with van der Waals surface area (Å²) in [7, 11) is 0. The summed E-state index contributed by atoms with van der Waals surface area (Å²) in [5, 5.41) is 6.15. The maximum absolute atomic E-state index is 11.4. The van der Waals surface area contributed by atoms with Gasteiger partial charge in [-0.3, -0.25) is 4.79 Å². The van der Waals surface area contributed by atoms with Crippen LogP contribution < -0.4 is 10.6 Å². The highest BCUT2D eigenvalue weighted by Gasteiger charge is 2.16. The van der Waals surface area contributed by atoms with E-state index in [9.17, 15) is 4.79 Å². The SMILES string of the molecule is CC(C)=CCNCC(=O)NC1CCCC1. The normalized spacial score (nSPS) is 16.4. The Morgan fingerprint density at radius 1 is 1.33 bits per heavy atom. The lowest BCUT2D eigenvalue weighted by Crippen LogP contribution is -2.39. The third-order valence-corrected chi connectivity index (χ3v) is 2.66. The van der Waals surface area contributed by atoms with Crippen molar-refractivity contribution in [1.29, 1.82) is 0 Å². The van der Waals surface area contributed by atoms with Crippen LogP contribution in [0, 0.1) is 0 Å². The zero-order valence-corrected chi connectivity index (χ0v) is 9.81. The van der Waals surface area contributed by atoms with Crippen LogP contribution in [-0.2, 0) is 4.79 Å². The molecule has 0 aromatic carbocycles. The number of carbonyl (C=O) groups excluding carboxylic acids is 1. The molecule has 0 unspecified atom stereocenters. The van der Waals surface area contributed by atoms with Crippen LogP contribution in [0.25, 0.3) is 0 Å². The Morgan fingerprint density at radius 2 is 2.00 bits per heavy atom. The van der Waals surface area contributed by atoms with Crippen molar-refractivity contribution in [2.45, 2.75) is 45.6 Å². The Kier molecular flexibility index (Phi) is 5.40. The second kappa shape index (κ2) is 6.62. The maximum atomic E-state index is 11.4. The Balaban J connectivity index is 2.05. The molecule has 0 bridgehead atoms. The van der Waals surface area contributed by atoms with Crippen LogP contribution in [0.1, 0.15) is 39.5 Å². The predicted molar refractivity (Wildman–Crippen MR) is 62.7 cm³/mol. The van der Waals surface area contributed by atoms with Gasteiger partial charge in [-0.1, -0.05) is 24.5 Å². The number of carbonyl (C=O) groups is 1. The van der Waals surface area contributed by atoms with Gasteiger partial charge in [-0.25, -0.2) is 0 Å². The lowest BCUT2D eigenvalue weighted by molar-refractivity contribution is -0.120. The van der Waals surface area contributed by atoms with E-state index in [2.05, 4.69) is 30.6 Å². The highest BCUT2D eigenvalue weighted by atomic mass is 16.1. The fraction of sp³-hybridized carbons (Fsp3) is 0.750. The molecule has 86 valence electrons. The molecule has 1 amide bonds. The summed E-state index contributed by atoms with van der Waals surface area (Å²) in [5.74, 6) is 0.129. The maximum Gasteiger partial charge on any atom is 0.234 e. The first-order chi connectivity index (χ1) is 7.18. The molecule has 1 aliphatic carbocycles. The average molecular weight is 210 g/mol. The average Bonchev–Trinajstić information content (AvgIpc) is 2.64. The van der Waals surface area contributed by atoms with Crippen LogP contribution >= 0.6 is 0 Å². The first-order valence-electron chi connectivity index (χ1n) is 5.82. The van der Waals surface area contributed by atoms with E-state index in [0.29, 0.717) is 12.6 Å². The quantitative estimate of drug-likeness (QED) is 0.534. The summed E-state index contributed by atoms with van der Waals surface area (Å²) in [6, 6.07) is 0.433. The fourth-order valence-electron chi connectivity index (χ4n) is 1.81. The summed E-state index contributed by atoms with van der Waals surface area (Å²) in [6.07, 6.45) is 6.91. The van der Waals surface area contributed by atoms with E-state index in [1.807, 2.05) is 0 Å². The summed E-state index contributed by atoms with van der Waals surface area (Å²) in [4.78, 5) is 11.4. The van der Waals surface area contributed by atoms with Crippen LogP contribution in [-0.4, -0.2) is 25.0 Å². The lowest BCUT2D eigenvalue weighted by Gasteiger charge is -2.11. The van der Waals surface area contributed by atoms with Crippen LogP contribution in [0.5, 0.6) is 0 Å². The molecule has 1 rings (SSSR count). The molecule has 0 saturated heterocycles. The van der Waals surface area contributed by atoms with Gasteiger partial charge in [0.1, 0.15) is 0 Å². The number of allylic oxidation sites excluding steroid dienone is 1. The lowest BCUT2D eigenvalue weighted by atomic mass is 10.2. The number of nitrogens with one attached hydrogen (secondary N) is 2. The van der Waals surface area contributed by atoms with E-state index < -0.39 is 0 Å². The number of rotatable bonds is 5. The molecule has 1 saturated carbocycles. The molecule has 1 fully saturated rings. The second-order valence-corrected chi connectivity index (χ2v) is 4.46. The molecule has 3 heteroatoms. The van der Waals surface area contributed by atoms with Gasteiger partial charge in [0.15, 0.2) is 0 Å². The molecule has 3 nitrogen and oxygen atoms in total. The molecule has 1 aliphatic rings. The largest absolute Gasteiger partial charge is 0.352 e. The van der Waals surface area contributed by atoms with Crippen LogP contribution in [0.15, 0.2) is 11.6 Å². The summed E-state index contributed by atoms with van der Waals surface area (Å²) >= 11 is 0. The molecule has 0 aliphatic heterocycles. The summed E-state index contributed by atoms with van der Waals surface area (Å²) in [5.41, 5.74) is 1.28. The van der Waals surface area contributed by atoms with Crippen molar-refractivity contribution in [1.82, 2.24) is 10.6 Å². The van der Waals surface area contributed by atoms with Gasteiger partial charge in [0, 0.05) is 12.6 Å². The van der Waals surface area contributed by atoms with E-state index in [1.54, 1.807) is 0 Å². The van der Waals surface area contributed by atoms with Gasteiger partial charge in [0.2, 0.25) is 5.91 Å². The first kappa shape index (κ1) is 12.2. The molecule has 0 aromatic rings. The number of amides is 1. The predicted octanol–water partition coefficient (Wildman–Crippen LogP) is 1.60. The molecule has 0 spiro atoms. The summed E-state index contributed by atoms with van der Waals surface area (Å²) < 4.78 is 0. The zero-order valence-electron chi connectivity index (χ0n) is 9.81. The Labute approximate surface area is 92.3 Å². The Morgan fingerprint density at radius 3 is 2.60 bits per heavy atom. The van der Waals surface area contributed by atoms with E-state index in [0.717, 1.165) is 19.4 Å². The van der Waals surface area contributed by atoms with Crippen molar-refractivity contribution in [3.8, 4) is 0 Å². The minimum absolute atomic E-state index is 0.129. The molecule has 0 atom stereocenters. The van der Waals surface area contributed by atoms with Crippen molar-refractivity contribution < 1.29 is 4.79 Å². The third-order valence-electron chi connectivity index (χ3n) is 2.66. The Bertz CT molecular complexity index is 226. The minimum atomic E-state index is 0.129. The fourth-order valence-corrected chi connectivity index (χ4v) is 1.81. The Hall–Kier alpha value is -0.830. The molecule has 0 heterocycles. The monoisotopic (exact) mass is 210 g/mol. The van der Waals surface area contributed by atoms with Gasteiger partial charge in [-0.15, -0.1) is 0 Å². The van der Waals surface area contributed by atoms with Crippen LogP contribution in [0.2, 0.25) is 0 Å². The minimum Gasteiger partial charge on any atom is -0.352 e. The molecule has 0 radical (unpaired) electrons. The number of hydrogen-bond donors (Lipinski definition) is 2. The van der Waals surface area contributed by atoms with Crippen molar-refractivity contribution in [2.75, 3.05) is 13.1 Å². The van der Waals surface area contributed by atoms with Crippen LogP contribution in [0.4, 0.5) is 0 Å². The van der Waals surface area contributed by atoms with Crippen molar-refractivity contribution in [3.63, 3.8) is 0 Å². The molecular weight excluding hydrogens is 188 g/mol. The smallest absolute Gasteiger partial charge is 0.234 e. The van der Waals surface area contributed by atoms with E-state index in [4.69, 9.17) is 0 Å². The highest BCUT2D eigenvalue weighted by Crippen LogP contribution is 2.17. The van der Waals surface area contributed by atoms with Crippen molar-refractivity contribution in [2.24, 2.45) is 0 Å². The third kappa shape index (κ3) is 5.57. The van der Waals surface area contributed by atoms with Gasteiger partial charge in [0.25, 0.3) is 0 Å².